The topological polar surface area (TPSA) is 66.4 Å². The van der Waals surface area contributed by atoms with E-state index in [1.165, 1.54) is 0 Å². The van der Waals surface area contributed by atoms with Gasteiger partial charge in [0.1, 0.15) is 0 Å². The lowest BCUT2D eigenvalue weighted by molar-refractivity contribution is 0.289. The summed E-state index contributed by atoms with van der Waals surface area (Å²) < 4.78 is 27.8. The molecule has 0 unspecified atom stereocenters. The minimum Gasteiger partial charge on any atom is -0.396 e. The quantitative estimate of drug-likeness (QED) is 0.818. The van der Waals surface area contributed by atoms with Gasteiger partial charge >= 0.3 is 0 Å². The zero-order chi connectivity index (χ0) is 13.9. The van der Waals surface area contributed by atoms with Crippen molar-refractivity contribution < 1.29 is 13.5 Å². The van der Waals surface area contributed by atoms with Gasteiger partial charge in [-0.15, -0.1) is 0 Å². The Balaban J connectivity index is 2.48. The van der Waals surface area contributed by atoms with Gasteiger partial charge in [0.2, 0.25) is 10.0 Å². The predicted octanol–water partition coefficient (Wildman–Crippen LogP) is 2.26. The highest BCUT2D eigenvalue weighted by molar-refractivity contribution is 9.10. The Hall–Kier alpha value is -0.950. The zero-order valence-corrected chi connectivity index (χ0v) is 12.5. The van der Waals surface area contributed by atoms with Crippen molar-refractivity contribution in [2.24, 2.45) is 0 Å². The molecule has 6 heteroatoms. The second-order valence-electron chi connectivity index (χ2n) is 4.07. The number of aliphatic hydroxyl groups is 1. The standard InChI is InChI=1S/C13H14BrNO3S/c14-12-6-7-13(11-5-2-1-4-10(11)12)19(17,18)15-8-3-9-16/h1-2,4-7,15-16H,3,8-9H2. The van der Waals surface area contributed by atoms with Crippen LogP contribution in [-0.4, -0.2) is 26.7 Å². The van der Waals surface area contributed by atoms with Gasteiger partial charge in [-0.05, 0) is 23.9 Å². The van der Waals surface area contributed by atoms with E-state index in [1.54, 1.807) is 18.2 Å². The Bertz CT molecular complexity index is 685. The molecule has 0 saturated heterocycles. The molecular weight excluding hydrogens is 330 g/mol. The van der Waals surface area contributed by atoms with Gasteiger partial charge in [-0.2, -0.15) is 0 Å². The lowest BCUT2D eigenvalue weighted by atomic mass is 10.1. The van der Waals surface area contributed by atoms with Crippen LogP contribution in [0.1, 0.15) is 6.42 Å². The van der Waals surface area contributed by atoms with Crippen molar-refractivity contribution in [2.45, 2.75) is 11.3 Å². The molecule has 19 heavy (non-hydrogen) atoms. The Morgan fingerprint density at radius 1 is 1.11 bits per heavy atom. The molecule has 0 aliphatic carbocycles. The Morgan fingerprint density at radius 3 is 2.47 bits per heavy atom. The van der Waals surface area contributed by atoms with E-state index in [2.05, 4.69) is 20.7 Å². The zero-order valence-electron chi connectivity index (χ0n) is 10.1. The first-order chi connectivity index (χ1) is 9.06. The summed E-state index contributed by atoms with van der Waals surface area (Å²) in [6.45, 7) is 0.187. The van der Waals surface area contributed by atoms with E-state index >= 15 is 0 Å². The highest BCUT2D eigenvalue weighted by Gasteiger charge is 2.17. The molecule has 0 spiro atoms. The molecule has 2 aromatic carbocycles. The molecule has 2 rings (SSSR count). The fraction of sp³-hybridized carbons (Fsp3) is 0.231. The van der Waals surface area contributed by atoms with Crippen LogP contribution in [0.5, 0.6) is 0 Å². The molecule has 0 radical (unpaired) electrons. The van der Waals surface area contributed by atoms with E-state index in [1.807, 2.05) is 18.2 Å². The van der Waals surface area contributed by atoms with Gasteiger partial charge in [0, 0.05) is 23.0 Å². The summed E-state index contributed by atoms with van der Waals surface area (Å²) >= 11 is 3.41. The number of halogens is 1. The molecule has 0 aliphatic heterocycles. The second kappa shape index (κ2) is 6.00. The van der Waals surface area contributed by atoms with Gasteiger partial charge in [0.15, 0.2) is 0 Å². The van der Waals surface area contributed by atoms with Crippen molar-refractivity contribution in [3.8, 4) is 0 Å². The molecule has 2 N–H and O–H groups in total. The average Bonchev–Trinajstić information content (AvgIpc) is 2.39. The van der Waals surface area contributed by atoms with Gasteiger partial charge in [-0.3, -0.25) is 0 Å². The highest BCUT2D eigenvalue weighted by atomic mass is 79.9. The lowest BCUT2D eigenvalue weighted by Gasteiger charge is -2.10. The molecule has 2 aromatic rings. The summed E-state index contributed by atoms with van der Waals surface area (Å²) in [6.07, 6.45) is 0.397. The van der Waals surface area contributed by atoms with Crippen molar-refractivity contribution in [1.82, 2.24) is 4.72 Å². The van der Waals surface area contributed by atoms with Crippen molar-refractivity contribution in [1.29, 1.82) is 0 Å². The number of hydrogen-bond acceptors (Lipinski definition) is 3. The first-order valence-corrected chi connectivity index (χ1v) is 8.11. The SMILES string of the molecule is O=S(=O)(NCCCO)c1ccc(Br)c2ccccc12. The van der Waals surface area contributed by atoms with E-state index < -0.39 is 10.0 Å². The summed E-state index contributed by atoms with van der Waals surface area (Å²) in [7, 11) is -3.56. The molecule has 0 aliphatic rings. The van der Waals surface area contributed by atoms with Gasteiger partial charge in [-0.1, -0.05) is 40.2 Å². The van der Waals surface area contributed by atoms with Crippen LogP contribution in [0, 0.1) is 0 Å². The van der Waals surface area contributed by atoms with Crippen LogP contribution in [0.15, 0.2) is 45.8 Å². The number of nitrogens with one attached hydrogen (secondary N) is 1. The molecule has 0 amide bonds. The third-order valence-corrected chi connectivity index (χ3v) is 4.96. The summed E-state index contributed by atoms with van der Waals surface area (Å²) in [4.78, 5) is 0.254. The van der Waals surface area contributed by atoms with Crippen LogP contribution in [0.4, 0.5) is 0 Å². The maximum atomic E-state index is 12.2. The third-order valence-electron chi connectivity index (χ3n) is 2.75. The molecule has 102 valence electrons. The molecule has 0 heterocycles. The third kappa shape index (κ3) is 3.14. The van der Waals surface area contributed by atoms with Gasteiger partial charge in [0.05, 0.1) is 4.90 Å². The van der Waals surface area contributed by atoms with Crippen molar-refractivity contribution in [3.05, 3.63) is 40.9 Å². The van der Waals surface area contributed by atoms with Crippen LogP contribution in [0.25, 0.3) is 10.8 Å². The number of sulfonamides is 1. The summed E-state index contributed by atoms with van der Waals surface area (Å²) in [5, 5.41) is 10.2. The molecule has 0 aromatic heterocycles. The fourth-order valence-electron chi connectivity index (χ4n) is 1.83. The average molecular weight is 344 g/mol. The van der Waals surface area contributed by atoms with Crippen LogP contribution >= 0.6 is 15.9 Å². The largest absolute Gasteiger partial charge is 0.396 e. The first kappa shape index (κ1) is 14.5. The number of fused-ring (bicyclic) bond motifs is 1. The Kier molecular flexibility index (Phi) is 4.57. The Labute approximate surface area is 120 Å². The Morgan fingerprint density at radius 2 is 1.79 bits per heavy atom. The molecule has 0 atom stereocenters. The van der Waals surface area contributed by atoms with Crippen LogP contribution in [-0.2, 0) is 10.0 Å². The molecule has 0 bridgehead atoms. The number of benzene rings is 2. The van der Waals surface area contributed by atoms with Crippen molar-refractivity contribution in [2.75, 3.05) is 13.2 Å². The van der Waals surface area contributed by atoms with E-state index in [9.17, 15) is 8.42 Å². The van der Waals surface area contributed by atoms with Crippen LogP contribution < -0.4 is 4.72 Å². The van der Waals surface area contributed by atoms with E-state index in [4.69, 9.17) is 5.11 Å². The van der Waals surface area contributed by atoms with Gasteiger partial charge in [-0.25, -0.2) is 13.1 Å². The number of hydrogen-bond donors (Lipinski definition) is 2. The van der Waals surface area contributed by atoms with Crippen LogP contribution in [0.2, 0.25) is 0 Å². The molecule has 0 saturated carbocycles. The maximum Gasteiger partial charge on any atom is 0.241 e. The molecule has 4 nitrogen and oxygen atoms in total. The minimum atomic E-state index is -3.56. The molecular formula is C13H14BrNO3S. The molecule has 0 fully saturated rings. The maximum absolute atomic E-state index is 12.2. The normalized spacial score (nSPS) is 11.9. The first-order valence-electron chi connectivity index (χ1n) is 5.84. The lowest BCUT2D eigenvalue weighted by Crippen LogP contribution is -2.25. The monoisotopic (exact) mass is 343 g/mol. The second-order valence-corrected chi connectivity index (χ2v) is 6.66. The smallest absolute Gasteiger partial charge is 0.241 e. The summed E-state index contributed by atoms with van der Waals surface area (Å²) in [5.74, 6) is 0. The van der Waals surface area contributed by atoms with Crippen LogP contribution in [0.3, 0.4) is 0 Å². The van der Waals surface area contributed by atoms with Crippen molar-refractivity contribution in [3.63, 3.8) is 0 Å². The summed E-state index contributed by atoms with van der Waals surface area (Å²) in [6, 6.07) is 10.6. The van der Waals surface area contributed by atoms with Crippen molar-refractivity contribution >= 4 is 36.7 Å². The summed E-state index contributed by atoms with van der Waals surface area (Å²) in [5.41, 5.74) is 0. The minimum absolute atomic E-state index is 0.0381. The van der Waals surface area contributed by atoms with E-state index in [0.717, 1.165) is 9.86 Å². The van der Waals surface area contributed by atoms with Gasteiger partial charge < -0.3 is 5.11 Å². The van der Waals surface area contributed by atoms with E-state index in [-0.39, 0.29) is 18.0 Å². The predicted molar refractivity (Wildman–Crippen MR) is 78.5 cm³/mol. The fourth-order valence-corrected chi connectivity index (χ4v) is 3.59. The number of rotatable bonds is 5. The van der Waals surface area contributed by atoms with E-state index in [0.29, 0.717) is 11.8 Å². The highest BCUT2D eigenvalue weighted by Crippen LogP contribution is 2.29. The number of aliphatic hydroxyl groups excluding tert-OH is 1. The van der Waals surface area contributed by atoms with Gasteiger partial charge in [0.25, 0.3) is 0 Å².